The molecule has 0 bridgehead atoms. The van der Waals surface area contributed by atoms with E-state index in [4.69, 9.17) is 9.47 Å². The Morgan fingerprint density at radius 2 is 1.95 bits per heavy atom. The van der Waals surface area contributed by atoms with Crippen LogP contribution < -0.4 is 5.32 Å². The van der Waals surface area contributed by atoms with Crippen LogP contribution in [0, 0.1) is 5.92 Å². The lowest BCUT2D eigenvalue weighted by atomic mass is 9.84. The van der Waals surface area contributed by atoms with Crippen molar-refractivity contribution in [3.63, 3.8) is 0 Å². The molecule has 1 aliphatic carbocycles. The second-order valence-corrected chi connectivity index (χ2v) is 6.00. The van der Waals surface area contributed by atoms with E-state index < -0.39 is 0 Å². The van der Waals surface area contributed by atoms with Gasteiger partial charge in [-0.3, -0.25) is 4.90 Å². The van der Waals surface area contributed by atoms with Crippen LogP contribution in [-0.2, 0) is 9.47 Å². The molecule has 1 fully saturated rings. The summed E-state index contributed by atoms with van der Waals surface area (Å²) in [5.41, 5.74) is 0. The number of rotatable bonds is 10. The molecule has 0 aromatic heterocycles. The fraction of sp³-hybridized carbons (Fsp3) is 1.00. The highest BCUT2D eigenvalue weighted by Crippen LogP contribution is 2.25. The first-order valence-corrected chi connectivity index (χ1v) is 8.18. The second kappa shape index (κ2) is 10.6. The van der Waals surface area contributed by atoms with Gasteiger partial charge >= 0.3 is 0 Å². The molecular formula is C16H34N2O2. The Morgan fingerprint density at radius 1 is 1.20 bits per heavy atom. The zero-order valence-electron chi connectivity index (χ0n) is 13.9. The van der Waals surface area contributed by atoms with Gasteiger partial charge in [-0.2, -0.15) is 0 Å². The Balaban J connectivity index is 2.55. The van der Waals surface area contributed by atoms with Crippen molar-refractivity contribution in [2.75, 3.05) is 47.1 Å². The zero-order chi connectivity index (χ0) is 14.8. The normalized spacial score (nSPS) is 25.1. The quantitative estimate of drug-likeness (QED) is 0.667. The number of methoxy groups -OCH3 is 2. The maximum absolute atomic E-state index is 5.33. The summed E-state index contributed by atoms with van der Waals surface area (Å²) in [5, 5.41) is 3.68. The fourth-order valence-electron chi connectivity index (χ4n) is 3.31. The molecule has 3 unspecified atom stereocenters. The SMILES string of the molecule is CCNC1CCCCC1CN(CCOC)C(C)COC. The van der Waals surface area contributed by atoms with Crippen molar-refractivity contribution < 1.29 is 9.47 Å². The van der Waals surface area contributed by atoms with Gasteiger partial charge in [0.1, 0.15) is 0 Å². The Morgan fingerprint density at radius 3 is 2.60 bits per heavy atom. The van der Waals surface area contributed by atoms with Crippen molar-refractivity contribution in [2.45, 2.75) is 51.6 Å². The first-order chi connectivity index (χ1) is 9.72. The summed E-state index contributed by atoms with van der Waals surface area (Å²) >= 11 is 0. The van der Waals surface area contributed by atoms with Crippen LogP contribution in [0.4, 0.5) is 0 Å². The van der Waals surface area contributed by atoms with Gasteiger partial charge in [0.25, 0.3) is 0 Å². The van der Waals surface area contributed by atoms with E-state index in [-0.39, 0.29) is 0 Å². The average Bonchev–Trinajstić information content (AvgIpc) is 2.45. The minimum absolute atomic E-state index is 0.458. The Labute approximate surface area is 125 Å². The lowest BCUT2D eigenvalue weighted by Crippen LogP contribution is -2.48. The van der Waals surface area contributed by atoms with Crippen LogP contribution in [0.1, 0.15) is 39.5 Å². The fourth-order valence-corrected chi connectivity index (χ4v) is 3.31. The molecule has 0 amide bonds. The van der Waals surface area contributed by atoms with Crippen molar-refractivity contribution in [2.24, 2.45) is 5.92 Å². The van der Waals surface area contributed by atoms with Crippen LogP contribution in [0.3, 0.4) is 0 Å². The van der Waals surface area contributed by atoms with Crippen molar-refractivity contribution in [3.8, 4) is 0 Å². The monoisotopic (exact) mass is 286 g/mol. The lowest BCUT2D eigenvalue weighted by Gasteiger charge is -2.38. The summed E-state index contributed by atoms with van der Waals surface area (Å²) in [6.45, 7) is 9.29. The van der Waals surface area contributed by atoms with Crippen molar-refractivity contribution in [3.05, 3.63) is 0 Å². The predicted octanol–water partition coefficient (Wildman–Crippen LogP) is 2.14. The lowest BCUT2D eigenvalue weighted by molar-refractivity contribution is 0.0548. The molecule has 120 valence electrons. The van der Waals surface area contributed by atoms with Crippen molar-refractivity contribution in [1.29, 1.82) is 0 Å². The molecule has 0 heterocycles. The highest BCUT2D eigenvalue weighted by molar-refractivity contribution is 4.84. The van der Waals surface area contributed by atoms with E-state index >= 15 is 0 Å². The van der Waals surface area contributed by atoms with Crippen LogP contribution in [0.25, 0.3) is 0 Å². The smallest absolute Gasteiger partial charge is 0.0615 e. The van der Waals surface area contributed by atoms with Gasteiger partial charge in [0.05, 0.1) is 13.2 Å². The molecule has 1 aliphatic rings. The third-order valence-electron chi connectivity index (χ3n) is 4.46. The molecule has 4 heteroatoms. The van der Waals surface area contributed by atoms with Crippen molar-refractivity contribution in [1.82, 2.24) is 10.2 Å². The van der Waals surface area contributed by atoms with E-state index in [1.807, 2.05) is 0 Å². The molecule has 3 atom stereocenters. The highest BCUT2D eigenvalue weighted by Gasteiger charge is 2.27. The largest absolute Gasteiger partial charge is 0.383 e. The van der Waals surface area contributed by atoms with E-state index in [0.29, 0.717) is 12.1 Å². The molecule has 4 nitrogen and oxygen atoms in total. The van der Waals surface area contributed by atoms with Gasteiger partial charge in [0.15, 0.2) is 0 Å². The van der Waals surface area contributed by atoms with Crippen molar-refractivity contribution >= 4 is 0 Å². The maximum atomic E-state index is 5.33. The van der Waals surface area contributed by atoms with E-state index in [2.05, 4.69) is 24.1 Å². The molecule has 0 aliphatic heterocycles. The van der Waals surface area contributed by atoms with Gasteiger partial charge in [-0.15, -0.1) is 0 Å². The molecule has 0 spiro atoms. The summed E-state index contributed by atoms with van der Waals surface area (Å²) in [5.74, 6) is 0.764. The Bertz CT molecular complexity index is 237. The number of nitrogens with one attached hydrogen (secondary N) is 1. The molecule has 0 saturated heterocycles. The molecule has 0 aromatic carbocycles. The number of nitrogens with zero attached hydrogens (tertiary/aromatic N) is 1. The molecule has 1 saturated carbocycles. The van der Waals surface area contributed by atoms with Crippen LogP contribution in [0.2, 0.25) is 0 Å². The van der Waals surface area contributed by atoms with E-state index in [1.165, 1.54) is 25.7 Å². The summed E-state index contributed by atoms with van der Waals surface area (Å²) in [7, 11) is 3.56. The van der Waals surface area contributed by atoms with Crippen LogP contribution in [-0.4, -0.2) is 64.1 Å². The predicted molar refractivity (Wildman–Crippen MR) is 84.2 cm³/mol. The molecule has 20 heavy (non-hydrogen) atoms. The van der Waals surface area contributed by atoms with Crippen LogP contribution in [0.15, 0.2) is 0 Å². The second-order valence-electron chi connectivity index (χ2n) is 6.00. The number of hydrogen-bond acceptors (Lipinski definition) is 4. The van der Waals surface area contributed by atoms with Gasteiger partial charge in [-0.05, 0) is 32.2 Å². The first kappa shape index (κ1) is 17.9. The molecular weight excluding hydrogens is 252 g/mol. The zero-order valence-corrected chi connectivity index (χ0v) is 13.9. The van der Waals surface area contributed by atoms with Gasteiger partial charge in [0.2, 0.25) is 0 Å². The summed E-state index contributed by atoms with van der Waals surface area (Å²) < 4.78 is 10.6. The minimum atomic E-state index is 0.458. The van der Waals surface area contributed by atoms with Crippen LogP contribution >= 0.6 is 0 Å². The molecule has 0 aromatic rings. The first-order valence-electron chi connectivity index (χ1n) is 8.18. The van der Waals surface area contributed by atoms with Gasteiger partial charge in [0, 0.05) is 39.4 Å². The summed E-state index contributed by atoms with van der Waals surface area (Å²) in [6.07, 6.45) is 5.43. The van der Waals surface area contributed by atoms with Gasteiger partial charge in [-0.25, -0.2) is 0 Å². The summed E-state index contributed by atoms with van der Waals surface area (Å²) in [4.78, 5) is 2.54. The molecule has 1 rings (SSSR count). The third-order valence-corrected chi connectivity index (χ3v) is 4.46. The standard InChI is InChI=1S/C16H34N2O2/c1-5-17-16-9-7-6-8-15(16)12-18(10-11-19-3)14(2)13-20-4/h14-17H,5-13H2,1-4H3. The third kappa shape index (κ3) is 6.08. The minimum Gasteiger partial charge on any atom is -0.383 e. The molecule has 1 N–H and O–H groups in total. The topological polar surface area (TPSA) is 33.7 Å². The summed E-state index contributed by atoms with van der Waals surface area (Å²) in [6, 6.07) is 1.15. The van der Waals surface area contributed by atoms with E-state index in [1.54, 1.807) is 14.2 Å². The Hall–Kier alpha value is -0.160. The highest BCUT2D eigenvalue weighted by atomic mass is 16.5. The number of ether oxygens (including phenoxy) is 2. The molecule has 0 radical (unpaired) electrons. The Kier molecular flexibility index (Phi) is 9.44. The average molecular weight is 286 g/mol. The van der Waals surface area contributed by atoms with Gasteiger partial charge < -0.3 is 14.8 Å². The van der Waals surface area contributed by atoms with E-state index in [0.717, 1.165) is 38.8 Å². The van der Waals surface area contributed by atoms with Crippen LogP contribution in [0.5, 0.6) is 0 Å². The number of hydrogen-bond donors (Lipinski definition) is 1. The van der Waals surface area contributed by atoms with Gasteiger partial charge in [-0.1, -0.05) is 19.8 Å². The van der Waals surface area contributed by atoms with E-state index in [9.17, 15) is 0 Å². The maximum Gasteiger partial charge on any atom is 0.0615 e.